The van der Waals surface area contributed by atoms with E-state index in [4.69, 9.17) is 4.74 Å². The largest absolute Gasteiger partial charge is 0.460 e. The molecule has 1 aromatic rings. The van der Waals surface area contributed by atoms with Gasteiger partial charge in [0.15, 0.2) is 0 Å². The maximum atomic E-state index is 11.9. The molecule has 0 spiro atoms. The molecule has 4 heteroatoms. The summed E-state index contributed by atoms with van der Waals surface area (Å²) < 4.78 is 5.27. The molecule has 1 aromatic carbocycles. The Morgan fingerprint density at radius 3 is 2.89 bits per heavy atom. The first-order valence-electron chi connectivity index (χ1n) is 6.80. The SMILES string of the molecule is O=C1CCC(COC(=O)c2ccc3c(c2)CCC3)N1. The predicted octanol–water partition coefficient (Wildman–Crippen LogP) is 1.61. The fraction of sp³-hybridized carbons (Fsp3) is 0.467. The maximum Gasteiger partial charge on any atom is 0.338 e. The Morgan fingerprint density at radius 2 is 2.11 bits per heavy atom. The highest BCUT2D eigenvalue weighted by molar-refractivity contribution is 5.89. The fourth-order valence-electron chi connectivity index (χ4n) is 2.76. The lowest BCUT2D eigenvalue weighted by atomic mass is 10.1. The van der Waals surface area contributed by atoms with Crippen LogP contribution in [0.1, 0.15) is 40.7 Å². The lowest BCUT2D eigenvalue weighted by Gasteiger charge is -2.11. The number of carbonyl (C=O) groups excluding carboxylic acids is 2. The van der Waals surface area contributed by atoms with E-state index in [2.05, 4.69) is 5.32 Å². The van der Waals surface area contributed by atoms with Crippen LogP contribution < -0.4 is 5.32 Å². The number of hydrogen-bond donors (Lipinski definition) is 1. The van der Waals surface area contributed by atoms with E-state index in [-0.39, 0.29) is 24.5 Å². The molecule has 0 aromatic heterocycles. The number of rotatable bonds is 3. The summed E-state index contributed by atoms with van der Waals surface area (Å²) in [5, 5.41) is 2.79. The molecule has 1 saturated heterocycles. The molecular formula is C15H17NO3. The third-order valence-corrected chi connectivity index (χ3v) is 3.83. The third kappa shape index (κ3) is 2.62. The molecule has 1 atom stereocenters. The van der Waals surface area contributed by atoms with Gasteiger partial charge in [-0.05, 0) is 48.9 Å². The zero-order chi connectivity index (χ0) is 13.2. The molecule has 0 radical (unpaired) electrons. The molecule has 1 unspecified atom stereocenters. The van der Waals surface area contributed by atoms with Crippen molar-refractivity contribution in [1.29, 1.82) is 0 Å². The highest BCUT2D eigenvalue weighted by atomic mass is 16.5. The molecule has 1 aliphatic heterocycles. The van der Waals surface area contributed by atoms with Crippen molar-refractivity contribution < 1.29 is 14.3 Å². The molecule has 0 saturated carbocycles. The van der Waals surface area contributed by atoms with Crippen LogP contribution in [0.25, 0.3) is 0 Å². The number of hydrogen-bond acceptors (Lipinski definition) is 3. The van der Waals surface area contributed by atoms with Crippen LogP contribution in [0.4, 0.5) is 0 Å². The van der Waals surface area contributed by atoms with Crippen LogP contribution in [0.3, 0.4) is 0 Å². The van der Waals surface area contributed by atoms with Gasteiger partial charge in [0, 0.05) is 6.42 Å². The zero-order valence-corrected chi connectivity index (χ0v) is 10.8. The Morgan fingerprint density at radius 1 is 1.26 bits per heavy atom. The molecule has 4 nitrogen and oxygen atoms in total. The normalized spacial score (nSPS) is 21.1. The van der Waals surface area contributed by atoms with Gasteiger partial charge in [-0.15, -0.1) is 0 Å². The molecule has 1 amide bonds. The quantitative estimate of drug-likeness (QED) is 0.839. The summed E-state index contributed by atoms with van der Waals surface area (Å²) in [4.78, 5) is 23.0. The van der Waals surface area contributed by atoms with Gasteiger partial charge in [-0.1, -0.05) is 6.07 Å². The van der Waals surface area contributed by atoms with Crippen molar-refractivity contribution in [2.75, 3.05) is 6.61 Å². The van der Waals surface area contributed by atoms with E-state index in [1.54, 1.807) is 0 Å². The first kappa shape index (κ1) is 12.2. The van der Waals surface area contributed by atoms with Crippen molar-refractivity contribution in [3.63, 3.8) is 0 Å². The number of carbonyl (C=O) groups is 2. The summed E-state index contributed by atoms with van der Waals surface area (Å²) in [6, 6.07) is 5.78. The van der Waals surface area contributed by atoms with Crippen LogP contribution in [0.2, 0.25) is 0 Å². The third-order valence-electron chi connectivity index (χ3n) is 3.83. The second-order valence-corrected chi connectivity index (χ2v) is 5.24. The Balaban J connectivity index is 1.59. The molecule has 1 fully saturated rings. The molecule has 0 bridgehead atoms. The maximum absolute atomic E-state index is 11.9. The first-order valence-corrected chi connectivity index (χ1v) is 6.80. The Bertz CT molecular complexity index is 524. The van der Waals surface area contributed by atoms with Crippen LogP contribution in [0.15, 0.2) is 18.2 Å². The van der Waals surface area contributed by atoms with Crippen LogP contribution in [0.5, 0.6) is 0 Å². The minimum atomic E-state index is -0.296. The van der Waals surface area contributed by atoms with E-state index < -0.39 is 0 Å². The average molecular weight is 259 g/mol. The number of nitrogens with one attached hydrogen (secondary N) is 1. The van der Waals surface area contributed by atoms with Gasteiger partial charge >= 0.3 is 5.97 Å². The Labute approximate surface area is 112 Å². The number of fused-ring (bicyclic) bond motifs is 1. The van der Waals surface area contributed by atoms with Crippen molar-refractivity contribution in [3.8, 4) is 0 Å². The van der Waals surface area contributed by atoms with Gasteiger partial charge in [0.05, 0.1) is 11.6 Å². The van der Waals surface area contributed by atoms with Crippen molar-refractivity contribution >= 4 is 11.9 Å². The van der Waals surface area contributed by atoms with Gasteiger partial charge in [0.1, 0.15) is 6.61 Å². The molecule has 1 N–H and O–H groups in total. The lowest BCUT2D eigenvalue weighted by molar-refractivity contribution is -0.119. The van der Waals surface area contributed by atoms with Crippen LogP contribution in [0, 0.1) is 0 Å². The second kappa shape index (κ2) is 5.03. The minimum absolute atomic E-state index is 0.0223. The van der Waals surface area contributed by atoms with Gasteiger partial charge < -0.3 is 10.1 Å². The van der Waals surface area contributed by atoms with E-state index in [1.165, 1.54) is 17.5 Å². The van der Waals surface area contributed by atoms with E-state index in [0.717, 1.165) is 19.3 Å². The van der Waals surface area contributed by atoms with E-state index in [0.29, 0.717) is 12.0 Å². The monoisotopic (exact) mass is 259 g/mol. The van der Waals surface area contributed by atoms with Gasteiger partial charge in [-0.25, -0.2) is 4.79 Å². The van der Waals surface area contributed by atoms with Crippen molar-refractivity contribution in [2.45, 2.75) is 38.1 Å². The summed E-state index contributed by atoms with van der Waals surface area (Å²) in [5.41, 5.74) is 3.23. The summed E-state index contributed by atoms with van der Waals surface area (Å²) in [6.45, 7) is 0.266. The molecule has 3 rings (SSSR count). The van der Waals surface area contributed by atoms with Gasteiger partial charge in [0.25, 0.3) is 0 Å². The van der Waals surface area contributed by atoms with Crippen molar-refractivity contribution in [1.82, 2.24) is 5.32 Å². The summed E-state index contributed by atoms with van der Waals surface area (Å²) >= 11 is 0. The molecule has 2 aliphatic rings. The number of amides is 1. The van der Waals surface area contributed by atoms with Gasteiger partial charge in [-0.2, -0.15) is 0 Å². The first-order chi connectivity index (χ1) is 9.22. The van der Waals surface area contributed by atoms with Crippen molar-refractivity contribution in [3.05, 3.63) is 34.9 Å². The Kier molecular flexibility index (Phi) is 3.23. The predicted molar refractivity (Wildman–Crippen MR) is 69.9 cm³/mol. The highest BCUT2D eigenvalue weighted by Gasteiger charge is 2.22. The average Bonchev–Trinajstić information content (AvgIpc) is 3.03. The van der Waals surface area contributed by atoms with E-state index >= 15 is 0 Å². The number of ether oxygens (including phenoxy) is 1. The smallest absolute Gasteiger partial charge is 0.338 e. The molecular weight excluding hydrogens is 242 g/mol. The second-order valence-electron chi connectivity index (χ2n) is 5.24. The standard InChI is InChI=1S/C15H17NO3/c17-14-7-6-13(16-14)9-19-15(18)12-5-4-10-2-1-3-11(10)8-12/h4-5,8,13H,1-3,6-7,9H2,(H,16,17). The van der Waals surface area contributed by atoms with E-state index in [1.807, 2.05) is 18.2 Å². The lowest BCUT2D eigenvalue weighted by Crippen LogP contribution is -2.30. The Hall–Kier alpha value is -1.84. The van der Waals surface area contributed by atoms with Crippen LogP contribution in [-0.2, 0) is 22.4 Å². The molecule has 1 heterocycles. The summed E-state index contributed by atoms with van der Waals surface area (Å²) in [6.07, 6.45) is 4.60. The fourth-order valence-corrected chi connectivity index (χ4v) is 2.76. The summed E-state index contributed by atoms with van der Waals surface area (Å²) in [5.74, 6) is -0.255. The van der Waals surface area contributed by atoms with Crippen LogP contribution >= 0.6 is 0 Å². The molecule has 19 heavy (non-hydrogen) atoms. The summed E-state index contributed by atoms with van der Waals surface area (Å²) in [7, 11) is 0. The molecule has 100 valence electrons. The zero-order valence-electron chi connectivity index (χ0n) is 10.8. The number of aryl methyl sites for hydroxylation is 2. The van der Waals surface area contributed by atoms with Crippen molar-refractivity contribution in [2.24, 2.45) is 0 Å². The van der Waals surface area contributed by atoms with Crippen LogP contribution in [-0.4, -0.2) is 24.5 Å². The van der Waals surface area contributed by atoms with Gasteiger partial charge in [0.2, 0.25) is 5.91 Å². The minimum Gasteiger partial charge on any atom is -0.460 e. The van der Waals surface area contributed by atoms with E-state index in [9.17, 15) is 9.59 Å². The number of benzene rings is 1. The topological polar surface area (TPSA) is 55.4 Å². The highest BCUT2D eigenvalue weighted by Crippen LogP contribution is 2.23. The molecule has 1 aliphatic carbocycles. The number of esters is 1. The van der Waals surface area contributed by atoms with Gasteiger partial charge in [-0.3, -0.25) is 4.79 Å².